The van der Waals surface area contributed by atoms with Crippen molar-refractivity contribution in [1.82, 2.24) is 9.78 Å². The van der Waals surface area contributed by atoms with Crippen LogP contribution in [0.1, 0.15) is 13.9 Å². The highest BCUT2D eigenvalue weighted by molar-refractivity contribution is 4.98. The van der Waals surface area contributed by atoms with Gasteiger partial charge in [-0.25, -0.2) is 0 Å². The van der Waals surface area contributed by atoms with E-state index in [1.807, 2.05) is 13.8 Å². The summed E-state index contributed by atoms with van der Waals surface area (Å²) in [7, 11) is 0. The van der Waals surface area contributed by atoms with E-state index in [0.29, 0.717) is 6.17 Å². The van der Waals surface area contributed by atoms with Crippen LogP contribution in [0.2, 0.25) is 0 Å². The minimum atomic E-state index is 0.525. The van der Waals surface area contributed by atoms with Gasteiger partial charge in [-0.1, -0.05) is 0 Å². The number of nitrogens with zero attached hydrogens (tertiary/aromatic N) is 2. The fraction of sp³-hybridized carbons (Fsp3) is 0.500. The highest BCUT2D eigenvalue weighted by atomic mass is 15.3. The molecule has 0 amide bonds. The largest absolute Gasteiger partial charge is 0.273 e. The summed E-state index contributed by atoms with van der Waals surface area (Å²) in [6, 6.07) is 0. The van der Waals surface area contributed by atoms with Crippen molar-refractivity contribution in [1.29, 1.82) is 0 Å². The second-order valence-electron chi connectivity index (χ2n) is 1.76. The Kier molecular flexibility index (Phi) is 1.02. The van der Waals surface area contributed by atoms with E-state index in [1.165, 1.54) is 0 Å². The molecule has 0 bridgehead atoms. The predicted molar refractivity (Wildman–Crippen MR) is 32.6 cm³/mol. The van der Waals surface area contributed by atoms with Crippen LogP contribution in [0, 0.1) is 6.92 Å². The van der Waals surface area contributed by atoms with Crippen molar-refractivity contribution in [2.24, 2.45) is 0 Å². The second kappa shape index (κ2) is 1.99. The molecule has 1 heterocycles. The molecule has 0 saturated heterocycles. The second-order valence-corrected chi connectivity index (χ2v) is 1.76. The predicted octanol–water partition coefficient (Wildman–Crippen LogP) is 1.21. The molecule has 8 heavy (non-hydrogen) atoms. The summed E-state index contributed by atoms with van der Waals surface area (Å²) >= 11 is 0. The van der Waals surface area contributed by atoms with Gasteiger partial charge in [0.05, 0.1) is 7.57 Å². The molecule has 0 unspecified atom stereocenters. The lowest BCUT2D eigenvalue weighted by atomic mass is 10.4. The van der Waals surface area contributed by atoms with Crippen LogP contribution in [-0.4, -0.2) is 9.78 Å². The van der Waals surface area contributed by atoms with Gasteiger partial charge in [-0.05, 0) is 19.4 Å². The van der Waals surface area contributed by atoms with Crippen LogP contribution in [0.4, 0.5) is 0 Å². The van der Waals surface area contributed by atoms with Crippen molar-refractivity contribution in [3.05, 3.63) is 17.9 Å². The minimum absolute atomic E-state index is 0.525. The van der Waals surface area contributed by atoms with E-state index in [9.17, 15) is 0 Å². The molecular formula is C6H10N2. The van der Waals surface area contributed by atoms with Crippen LogP contribution < -0.4 is 0 Å². The summed E-state index contributed by atoms with van der Waals surface area (Å²) in [5.41, 5.74) is 0.942. The summed E-state index contributed by atoms with van der Waals surface area (Å²) < 4.78 is 9.04. The first-order valence-electron chi connectivity index (χ1n) is 3.24. The Morgan fingerprint density at radius 3 is 3.00 bits per heavy atom. The summed E-state index contributed by atoms with van der Waals surface area (Å²) in [5, 5.41) is 3.96. The molecule has 1 aromatic heterocycles. The van der Waals surface area contributed by atoms with E-state index in [0.717, 1.165) is 12.1 Å². The third kappa shape index (κ3) is 0.886. The van der Waals surface area contributed by atoms with Gasteiger partial charge in [0.15, 0.2) is 0 Å². The molecule has 44 valence electrons. The van der Waals surface area contributed by atoms with Gasteiger partial charge in [0.1, 0.15) is 0 Å². The molecule has 1 rings (SSSR count). The molecule has 0 aliphatic carbocycles. The summed E-state index contributed by atoms with van der Waals surface area (Å²) in [6.45, 7) is 4.65. The first kappa shape index (κ1) is 4.13. The Labute approximate surface area is 50.5 Å². The van der Waals surface area contributed by atoms with E-state index >= 15 is 0 Å². The molecular weight excluding hydrogens is 100 g/mol. The van der Waals surface area contributed by atoms with E-state index in [1.54, 1.807) is 10.9 Å². The number of aryl methyl sites for hydroxylation is 2. The Bertz CT molecular complexity index is 205. The summed E-state index contributed by atoms with van der Waals surface area (Å²) in [4.78, 5) is 0. The average Bonchev–Trinajstić information content (AvgIpc) is 2.15. The maximum absolute atomic E-state index is 7.38. The Balaban J connectivity index is 3.04. The Hall–Kier alpha value is -0.790. The molecule has 0 saturated carbocycles. The van der Waals surface area contributed by atoms with Crippen LogP contribution in [0.3, 0.4) is 0 Å². The van der Waals surface area contributed by atoms with E-state index in [4.69, 9.17) is 1.37 Å². The average molecular weight is 111 g/mol. The highest BCUT2D eigenvalue weighted by Crippen LogP contribution is 1.91. The zero-order valence-corrected chi connectivity index (χ0v) is 5.18. The Morgan fingerprint density at radius 2 is 2.75 bits per heavy atom. The minimum Gasteiger partial charge on any atom is -0.273 e. The third-order valence-electron chi connectivity index (χ3n) is 0.996. The van der Waals surface area contributed by atoms with Crippen LogP contribution in [-0.2, 0) is 6.54 Å². The fourth-order valence-corrected chi connectivity index (χ4v) is 0.578. The van der Waals surface area contributed by atoms with Gasteiger partial charge in [-0.2, -0.15) is 5.10 Å². The van der Waals surface area contributed by atoms with Crippen molar-refractivity contribution in [3.8, 4) is 0 Å². The molecule has 0 fully saturated rings. The quantitative estimate of drug-likeness (QED) is 0.532. The first-order chi connectivity index (χ1) is 4.25. The van der Waals surface area contributed by atoms with Crippen molar-refractivity contribution in [2.45, 2.75) is 20.4 Å². The Morgan fingerprint density at radius 1 is 2.00 bits per heavy atom. The number of aromatic nitrogens is 2. The van der Waals surface area contributed by atoms with E-state index in [-0.39, 0.29) is 0 Å². The number of rotatable bonds is 1. The van der Waals surface area contributed by atoms with Crippen LogP contribution in [0.25, 0.3) is 0 Å². The van der Waals surface area contributed by atoms with Gasteiger partial charge in [0.2, 0.25) is 0 Å². The van der Waals surface area contributed by atoms with Crippen LogP contribution in [0.15, 0.2) is 12.4 Å². The molecule has 2 heteroatoms. The van der Waals surface area contributed by atoms with E-state index in [2.05, 4.69) is 5.10 Å². The highest BCUT2D eigenvalue weighted by Gasteiger charge is 1.86. The smallest absolute Gasteiger partial charge is 0.0839 e. The van der Waals surface area contributed by atoms with Crippen LogP contribution >= 0.6 is 0 Å². The fourth-order valence-electron chi connectivity index (χ4n) is 0.578. The SMILES string of the molecule is [2H]c1c(C)cnn1CC. The topological polar surface area (TPSA) is 17.8 Å². The number of hydrogen-bond donors (Lipinski definition) is 0. The monoisotopic (exact) mass is 111 g/mol. The number of hydrogen-bond acceptors (Lipinski definition) is 1. The molecule has 0 aliphatic rings. The molecule has 1 aromatic rings. The maximum Gasteiger partial charge on any atom is 0.0839 e. The zero-order chi connectivity index (χ0) is 6.85. The van der Waals surface area contributed by atoms with Gasteiger partial charge in [-0.15, -0.1) is 0 Å². The van der Waals surface area contributed by atoms with Crippen molar-refractivity contribution >= 4 is 0 Å². The molecule has 0 spiro atoms. The molecule has 0 N–H and O–H groups in total. The van der Waals surface area contributed by atoms with Gasteiger partial charge >= 0.3 is 0 Å². The summed E-state index contributed by atoms with van der Waals surface area (Å²) in [6.07, 6.45) is 2.24. The lowest BCUT2D eigenvalue weighted by molar-refractivity contribution is 0.659. The van der Waals surface area contributed by atoms with Crippen molar-refractivity contribution in [2.75, 3.05) is 0 Å². The maximum atomic E-state index is 7.38. The zero-order valence-electron chi connectivity index (χ0n) is 6.18. The molecule has 2 nitrogen and oxygen atoms in total. The normalized spacial score (nSPS) is 11.5. The molecule has 0 radical (unpaired) electrons. The lowest BCUT2D eigenvalue weighted by Crippen LogP contribution is -1.91. The van der Waals surface area contributed by atoms with Gasteiger partial charge in [0, 0.05) is 12.7 Å². The van der Waals surface area contributed by atoms with Gasteiger partial charge < -0.3 is 0 Å². The summed E-state index contributed by atoms with van der Waals surface area (Å²) in [5.74, 6) is 0. The molecule has 0 aromatic carbocycles. The van der Waals surface area contributed by atoms with Gasteiger partial charge in [0.25, 0.3) is 0 Å². The lowest BCUT2D eigenvalue weighted by Gasteiger charge is -1.88. The van der Waals surface area contributed by atoms with Crippen molar-refractivity contribution in [3.63, 3.8) is 0 Å². The van der Waals surface area contributed by atoms with Crippen LogP contribution in [0.5, 0.6) is 0 Å². The first-order valence-corrected chi connectivity index (χ1v) is 2.74. The van der Waals surface area contributed by atoms with Gasteiger partial charge in [-0.3, -0.25) is 4.68 Å². The van der Waals surface area contributed by atoms with E-state index < -0.39 is 0 Å². The standard InChI is InChI=1S/C6H10N2/c1-3-8-5-6(2)4-7-8/h4-5H,3H2,1-2H3/i5D. The molecule has 0 aliphatic heterocycles. The van der Waals surface area contributed by atoms with Crippen molar-refractivity contribution < 1.29 is 1.37 Å². The third-order valence-corrected chi connectivity index (χ3v) is 0.996. The molecule has 0 atom stereocenters.